The first-order valence-corrected chi connectivity index (χ1v) is 5.10. The van der Waals surface area contributed by atoms with E-state index in [1.807, 2.05) is 0 Å². The van der Waals surface area contributed by atoms with Gasteiger partial charge in [0.1, 0.15) is 0 Å². The predicted octanol–water partition coefficient (Wildman–Crippen LogP) is 1.20. The van der Waals surface area contributed by atoms with Gasteiger partial charge >= 0.3 is 5.97 Å². The van der Waals surface area contributed by atoms with Gasteiger partial charge in [0, 0.05) is 18.5 Å². The molecule has 0 fully saturated rings. The van der Waals surface area contributed by atoms with E-state index in [1.54, 1.807) is 0 Å². The molecule has 98 valence electrons. The summed E-state index contributed by atoms with van der Waals surface area (Å²) in [6, 6.07) is 1.14. The fraction of sp³-hybridized carbons (Fsp3) is 0.273. The lowest BCUT2D eigenvalue weighted by Crippen LogP contribution is -2.27. The number of amides is 1. The molecule has 0 bridgehead atoms. The number of carbonyl (C=O) groups is 2. The molecule has 18 heavy (non-hydrogen) atoms. The van der Waals surface area contributed by atoms with Crippen molar-refractivity contribution in [3.8, 4) is 0 Å². The first kappa shape index (κ1) is 14.0. The summed E-state index contributed by atoms with van der Waals surface area (Å²) in [4.78, 5) is 22.4. The Hall–Kier alpha value is -2.02. The SMILES string of the molecule is CC(CN)C(=O)Nc1cc(F)c(F)cc1C(=O)O. The Morgan fingerprint density at radius 2 is 1.94 bits per heavy atom. The molecule has 0 aliphatic carbocycles. The van der Waals surface area contributed by atoms with E-state index in [0.29, 0.717) is 12.1 Å². The van der Waals surface area contributed by atoms with E-state index >= 15 is 0 Å². The van der Waals surface area contributed by atoms with E-state index in [4.69, 9.17) is 10.8 Å². The van der Waals surface area contributed by atoms with Crippen LogP contribution in [0, 0.1) is 17.6 Å². The van der Waals surface area contributed by atoms with Crippen LogP contribution in [0.15, 0.2) is 12.1 Å². The maximum absolute atomic E-state index is 13.0. The summed E-state index contributed by atoms with van der Waals surface area (Å²) in [6.07, 6.45) is 0. The lowest BCUT2D eigenvalue weighted by atomic mass is 10.1. The molecule has 1 aromatic rings. The maximum Gasteiger partial charge on any atom is 0.337 e. The van der Waals surface area contributed by atoms with Crippen LogP contribution in [0.25, 0.3) is 0 Å². The topological polar surface area (TPSA) is 92.4 Å². The second-order valence-electron chi connectivity index (χ2n) is 3.74. The number of carboxylic acid groups (broad SMARTS) is 1. The molecule has 1 unspecified atom stereocenters. The minimum atomic E-state index is -1.47. The average Bonchev–Trinajstić information content (AvgIpc) is 2.31. The Morgan fingerprint density at radius 1 is 1.39 bits per heavy atom. The van der Waals surface area contributed by atoms with Crippen LogP contribution in [0.3, 0.4) is 0 Å². The van der Waals surface area contributed by atoms with Gasteiger partial charge in [0.2, 0.25) is 5.91 Å². The molecular weight excluding hydrogens is 246 g/mol. The van der Waals surface area contributed by atoms with Gasteiger partial charge in [-0.15, -0.1) is 0 Å². The Morgan fingerprint density at radius 3 is 2.44 bits per heavy atom. The van der Waals surface area contributed by atoms with Crippen molar-refractivity contribution in [1.82, 2.24) is 0 Å². The number of carbonyl (C=O) groups excluding carboxylic acids is 1. The third kappa shape index (κ3) is 3.01. The Labute approximate surface area is 102 Å². The highest BCUT2D eigenvalue weighted by molar-refractivity contribution is 6.01. The van der Waals surface area contributed by atoms with E-state index in [2.05, 4.69) is 5.32 Å². The lowest BCUT2D eigenvalue weighted by Gasteiger charge is -2.12. The summed E-state index contributed by atoms with van der Waals surface area (Å²) < 4.78 is 25.9. The maximum atomic E-state index is 13.0. The van der Waals surface area contributed by atoms with Crippen molar-refractivity contribution in [2.24, 2.45) is 11.7 Å². The predicted molar refractivity (Wildman–Crippen MR) is 60.2 cm³/mol. The highest BCUT2D eigenvalue weighted by Gasteiger charge is 2.19. The molecule has 0 aliphatic rings. The van der Waals surface area contributed by atoms with Crippen molar-refractivity contribution < 1.29 is 23.5 Å². The van der Waals surface area contributed by atoms with Crippen LogP contribution in [-0.4, -0.2) is 23.5 Å². The van der Waals surface area contributed by atoms with Crippen molar-refractivity contribution in [2.45, 2.75) is 6.92 Å². The molecule has 7 heteroatoms. The van der Waals surface area contributed by atoms with Crippen molar-refractivity contribution >= 4 is 17.6 Å². The molecule has 0 saturated carbocycles. The third-order valence-corrected chi connectivity index (χ3v) is 2.35. The van der Waals surface area contributed by atoms with Crippen LogP contribution in [0.2, 0.25) is 0 Å². The molecule has 4 N–H and O–H groups in total. The summed E-state index contributed by atoms with van der Waals surface area (Å²) in [7, 11) is 0. The Balaban J connectivity index is 3.11. The molecule has 1 amide bonds. The van der Waals surface area contributed by atoms with E-state index in [-0.39, 0.29) is 12.2 Å². The number of aromatic carboxylic acids is 1. The number of nitrogens with two attached hydrogens (primary N) is 1. The molecule has 0 heterocycles. The number of halogens is 2. The zero-order chi connectivity index (χ0) is 13.9. The average molecular weight is 258 g/mol. The summed E-state index contributed by atoms with van der Waals surface area (Å²) >= 11 is 0. The highest BCUT2D eigenvalue weighted by atomic mass is 19.2. The van der Waals surface area contributed by atoms with Crippen LogP contribution in [0.5, 0.6) is 0 Å². The number of benzene rings is 1. The monoisotopic (exact) mass is 258 g/mol. The van der Waals surface area contributed by atoms with Crippen LogP contribution in [0.1, 0.15) is 17.3 Å². The standard InChI is InChI=1S/C11H12F2N2O3/c1-5(4-14)10(16)15-9-3-8(13)7(12)2-6(9)11(17)18/h2-3,5H,4,14H2,1H3,(H,15,16)(H,17,18). The molecule has 5 nitrogen and oxygen atoms in total. The Kier molecular flexibility index (Phi) is 4.33. The molecule has 0 saturated heterocycles. The number of hydrogen-bond donors (Lipinski definition) is 3. The van der Waals surface area contributed by atoms with E-state index < -0.39 is 35.0 Å². The van der Waals surface area contributed by atoms with Crippen molar-refractivity contribution in [2.75, 3.05) is 11.9 Å². The zero-order valence-electron chi connectivity index (χ0n) is 9.54. The molecule has 0 radical (unpaired) electrons. The molecular formula is C11H12F2N2O3. The van der Waals surface area contributed by atoms with Gasteiger partial charge in [-0.3, -0.25) is 4.79 Å². The number of hydrogen-bond acceptors (Lipinski definition) is 3. The normalized spacial score (nSPS) is 12.0. The van der Waals surface area contributed by atoms with Gasteiger partial charge in [-0.1, -0.05) is 6.92 Å². The van der Waals surface area contributed by atoms with Gasteiger partial charge in [0.15, 0.2) is 11.6 Å². The van der Waals surface area contributed by atoms with Crippen LogP contribution >= 0.6 is 0 Å². The summed E-state index contributed by atoms with van der Waals surface area (Å²) in [5, 5.41) is 11.0. The molecule has 0 aliphatic heterocycles. The molecule has 0 spiro atoms. The van der Waals surface area contributed by atoms with Crippen molar-refractivity contribution in [3.63, 3.8) is 0 Å². The summed E-state index contributed by atoms with van der Waals surface area (Å²) in [5.74, 6) is -5.14. The number of rotatable bonds is 4. The molecule has 1 atom stereocenters. The van der Waals surface area contributed by atoms with E-state index in [0.717, 1.165) is 0 Å². The van der Waals surface area contributed by atoms with Crippen LogP contribution in [0.4, 0.5) is 14.5 Å². The zero-order valence-corrected chi connectivity index (χ0v) is 9.54. The van der Waals surface area contributed by atoms with Gasteiger partial charge in [-0.2, -0.15) is 0 Å². The largest absolute Gasteiger partial charge is 0.478 e. The Bertz CT molecular complexity index is 491. The molecule has 0 aromatic heterocycles. The second-order valence-corrected chi connectivity index (χ2v) is 3.74. The smallest absolute Gasteiger partial charge is 0.337 e. The summed E-state index contributed by atoms with van der Waals surface area (Å²) in [5.41, 5.74) is 4.45. The van der Waals surface area contributed by atoms with Gasteiger partial charge in [-0.25, -0.2) is 13.6 Å². The van der Waals surface area contributed by atoms with Gasteiger partial charge in [-0.05, 0) is 6.07 Å². The highest BCUT2D eigenvalue weighted by Crippen LogP contribution is 2.20. The van der Waals surface area contributed by atoms with Crippen LogP contribution < -0.4 is 11.1 Å². The van der Waals surface area contributed by atoms with Crippen molar-refractivity contribution in [1.29, 1.82) is 0 Å². The first-order chi connectivity index (χ1) is 8.36. The van der Waals surface area contributed by atoms with Crippen LogP contribution in [-0.2, 0) is 4.79 Å². The van der Waals surface area contributed by atoms with Gasteiger partial charge in [0.05, 0.1) is 11.3 Å². The summed E-state index contributed by atoms with van der Waals surface area (Å²) in [6.45, 7) is 1.58. The van der Waals surface area contributed by atoms with E-state index in [9.17, 15) is 18.4 Å². The van der Waals surface area contributed by atoms with Crippen molar-refractivity contribution in [3.05, 3.63) is 29.3 Å². The fourth-order valence-electron chi connectivity index (χ4n) is 1.19. The van der Waals surface area contributed by atoms with Gasteiger partial charge < -0.3 is 16.2 Å². The lowest BCUT2D eigenvalue weighted by molar-refractivity contribution is -0.119. The first-order valence-electron chi connectivity index (χ1n) is 5.10. The number of nitrogens with one attached hydrogen (secondary N) is 1. The number of carboxylic acids is 1. The van der Waals surface area contributed by atoms with E-state index in [1.165, 1.54) is 6.92 Å². The fourth-order valence-corrected chi connectivity index (χ4v) is 1.19. The van der Waals surface area contributed by atoms with Gasteiger partial charge in [0.25, 0.3) is 0 Å². The number of anilines is 1. The second kappa shape index (κ2) is 5.54. The third-order valence-electron chi connectivity index (χ3n) is 2.35. The molecule has 1 rings (SSSR count). The minimum Gasteiger partial charge on any atom is -0.478 e. The molecule has 1 aromatic carbocycles. The minimum absolute atomic E-state index is 0.0535. The quantitative estimate of drug-likeness (QED) is 0.756.